The molecule has 0 aliphatic heterocycles. The average molecular weight is 374 g/mol. The topological polar surface area (TPSA) is 46.9 Å². The first-order valence-corrected chi connectivity index (χ1v) is 9.91. The summed E-state index contributed by atoms with van der Waals surface area (Å²) in [5, 5.41) is 4.86. The molecule has 0 amide bonds. The molecule has 4 rings (SSSR count). The number of hydrogen-bond acceptors (Lipinski definition) is 4. The second kappa shape index (κ2) is 6.81. The minimum Gasteiger partial charge on any atom is -0.351 e. The number of hydrogen-bond donors (Lipinski definition) is 1. The predicted octanol–water partition coefficient (Wildman–Crippen LogP) is 4.62. The third-order valence-corrected chi connectivity index (χ3v) is 6.34. The van der Waals surface area contributed by atoms with Crippen LogP contribution in [-0.4, -0.2) is 9.55 Å². The fraction of sp³-hybridized carbons (Fsp3) is 0.368. The lowest BCUT2D eigenvalue weighted by Crippen LogP contribution is -2.24. The van der Waals surface area contributed by atoms with E-state index in [0.29, 0.717) is 24.1 Å². The molecule has 0 spiro atoms. The lowest BCUT2D eigenvalue weighted by Gasteiger charge is -2.14. The highest BCUT2D eigenvalue weighted by molar-refractivity contribution is 7.18. The van der Waals surface area contributed by atoms with Crippen LogP contribution in [0.1, 0.15) is 35.8 Å². The minimum atomic E-state index is 0.0774. The van der Waals surface area contributed by atoms with E-state index in [1.807, 2.05) is 31.2 Å². The number of benzene rings is 1. The molecule has 3 aromatic rings. The predicted molar refractivity (Wildman–Crippen MR) is 105 cm³/mol. The number of halogens is 1. The molecule has 0 saturated carbocycles. The Bertz CT molecular complexity index is 992. The number of fused-ring (bicyclic) bond motifs is 3. The molecule has 0 saturated heterocycles. The van der Waals surface area contributed by atoms with E-state index in [4.69, 9.17) is 16.6 Å². The van der Waals surface area contributed by atoms with Gasteiger partial charge < -0.3 is 5.32 Å². The van der Waals surface area contributed by atoms with Gasteiger partial charge >= 0.3 is 0 Å². The second-order valence-electron chi connectivity index (χ2n) is 6.32. The molecule has 0 bridgehead atoms. The van der Waals surface area contributed by atoms with Crippen LogP contribution in [-0.2, 0) is 25.9 Å². The summed E-state index contributed by atoms with van der Waals surface area (Å²) < 4.78 is 1.74. The van der Waals surface area contributed by atoms with Gasteiger partial charge in [0.25, 0.3) is 5.56 Å². The number of nitrogens with one attached hydrogen (secondary N) is 1. The molecule has 1 N–H and O–H groups in total. The Morgan fingerprint density at radius 1 is 1.28 bits per heavy atom. The number of thiophene rings is 1. The molecule has 6 heteroatoms. The van der Waals surface area contributed by atoms with Crippen LogP contribution in [0.15, 0.2) is 29.1 Å². The second-order valence-corrected chi connectivity index (χ2v) is 7.81. The van der Waals surface area contributed by atoms with Crippen molar-refractivity contribution in [1.29, 1.82) is 0 Å². The van der Waals surface area contributed by atoms with E-state index in [2.05, 4.69) is 5.32 Å². The zero-order valence-electron chi connectivity index (χ0n) is 14.1. The lowest BCUT2D eigenvalue weighted by atomic mass is 9.97. The molecule has 2 heterocycles. The van der Waals surface area contributed by atoms with Crippen molar-refractivity contribution in [3.63, 3.8) is 0 Å². The molecule has 1 aromatic carbocycles. The first-order valence-electron chi connectivity index (χ1n) is 8.71. The van der Waals surface area contributed by atoms with Gasteiger partial charge in [0.2, 0.25) is 5.95 Å². The summed E-state index contributed by atoms with van der Waals surface area (Å²) in [7, 11) is 0. The molecule has 0 atom stereocenters. The van der Waals surface area contributed by atoms with Crippen molar-refractivity contribution in [3.05, 3.63) is 55.6 Å². The first-order chi connectivity index (χ1) is 12.2. The minimum absolute atomic E-state index is 0.0774. The van der Waals surface area contributed by atoms with Gasteiger partial charge in [-0.25, -0.2) is 4.98 Å². The summed E-state index contributed by atoms with van der Waals surface area (Å²) in [6.07, 6.45) is 4.45. The number of rotatable bonds is 4. The van der Waals surface area contributed by atoms with Crippen molar-refractivity contribution in [2.75, 3.05) is 5.32 Å². The Balaban J connectivity index is 1.76. The molecule has 25 heavy (non-hydrogen) atoms. The molecule has 0 unspecified atom stereocenters. The monoisotopic (exact) mass is 373 g/mol. The number of anilines is 1. The summed E-state index contributed by atoms with van der Waals surface area (Å²) in [4.78, 5) is 20.0. The fourth-order valence-electron chi connectivity index (χ4n) is 3.48. The molecule has 1 aliphatic carbocycles. The number of aromatic nitrogens is 2. The summed E-state index contributed by atoms with van der Waals surface area (Å²) >= 11 is 7.91. The maximum absolute atomic E-state index is 13.1. The number of nitrogens with zero attached hydrogens (tertiary/aromatic N) is 2. The van der Waals surface area contributed by atoms with Crippen LogP contribution >= 0.6 is 22.9 Å². The van der Waals surface area contributed by atoms with Crippen LogP contribution in [0, 0.1) is 0 Å². The van der Waals surface area contributed by atoms with E-state index in [0.717, 1.165) is 35.0 Å². The Kier molecular flexibility index (Phi) is 4.52. The molecule has 130 valence electrons. The van der Waals surface area contributed by atoms with Crippen LogP contribution in [0.4, 0.5) is 5.95 Å². The molecule has 1 aliphatic rings. The molecule has 4 nitrogen and oxygen atoms in total. The lowest BCUT2D eigenvalue weighted by molar-refractivity contribution is 0.695. The van der Waals surface area contributed by atoms with Gasteiger partial charge in [0, 0.05) is 23.0 Å². The Hall–Kier alpha value is -1.85. The quantitative estimate of drug-likeness (QED) is 0.725. The standard InChI is InChI=1S/C19H20ClN3OS/c1-2-23-18(24)16-13-8-4-6-10-15(13)25-17(16)22-19(23)21-11-12-7-3-5-9-14(12)20/h3,5,7,9H,2,4,6,8,10-11H2,1H3,(H,21,22). The van der Waals surface area contributed by atoms with Gasteiger partial charge in [-0.05, 0) is 49.8 Å². The Morgan fingerprint density at radius 2 is 2.08 bits per heavy atom. The van der Waals surface area contributed by atoms with Crippen molar-refractivity contribution in [1.82, 2.24) is 9.55 Å². The zero-order valence-corrected chi connectivity index (χ0v) is 15.7. The van der Waals surface area contributed by atoms with Crippen molar-refractivity contribution in [2.24, 2.45) is 0 Å². The van der Waals surface area contributed by atoms with Crippen LogP contribution in [0.3, 0.4) is 0 Å². The van der Waals surface area contributed by atoms with Gasteiger partial charge in [-0.3, -0.25) is 9.36 Å². The van der Waals surface area contributed by atoms with E-state index < -0.39 is 0 Å². The zero-order chi connectivity index (χ0) is 17.4. The van der Waals surface area contributed by atoms with Crippen LogP contribution in [0.25, 0.3) is 10.2 Å². The largest absolute Gasteiger partial charge is 0.351 e. The van der Waals surface area contributed by atoms with E-state index in [1.54, 1.807) is 15.9 Å². The summed E-state index contributed by atoms with van der Waals surface area (Å²) in [5.74, 6) is 0.624. The number of aryl methyl sites for hydroxylation is 2. The average Bonchev–Trinajstić information content (AvgIpc) is 2.99. The maximum atomic E-state index is 13.1. The van der Waals surface area contributed by atoms with Crippen LogP contribution in [0.2, 0.25) is 5.02 Å². The molecular formula is C19H20ClN3OS. The van der Waals surface area contributed by atoms with Gasteiger partial charge in [0.05, 0.1) is 5.39 Å². The Labute approximate surface area is 155 Å². The van der Waals surface area contributed by atoms with Gasteiger partial charge in [-0.15, -0.1) is 11.3 Å². The highest BCUT2D eigenvalue weighted by Crippen LogP contribution is 2.34. The van der Waals surface area contributed by atoms with Gasteiger partial charge in [0.1, 0.15) is 4.83 Å². The maximum Gasteiger partial charge on any atom is 0.263 e. The molecule has 0 radical (unpaired) electrons. The molecule has 0 fully saturated rings. The highest BCUT2D eigenvalue weighted by atomic mass is 35.5. The fourth-order valence-corrected chi connectivity index (χ4v) is 4.94. The SMILES string of the molecule is CCn1c(NCc2ccccc2Cl)nc2sc3c(c2c1=O)CCCC3. The van der Waals surface area contributed by atoms with Gasteiger partial charge in [0.15, 0.2) is 0 Å². The van der Waals surface area contributed by atoms with Crippen LogP contribution in [0.5, 0.6) is 0 Å². The molecule has 2 aromatic heterocycles. The van der Waals surface area contributed by atoms with Gasteiger partial charge in [-0.2, -0.15) is 0 Å². The first kappa shape index (κ1) is 16.6. The highest BCUT2D eigenvalue weighted by Gasteiger charge is 2.21. The van der Waals surface area contributed by atoms with E-state index in [9.17, 15) is 4.79 Å². The van der Waals surface area contributed by atoms with Crippen molar-refractivity contribution < 1.29 is 0 Å². The van der Waals surface area contributed by atoms with Crippen molar-refractivity contribution in [2.45, 2.75) is 45.7 Å². The van der Waals surface area contributed by atoms with E-state index in [1.165, 1.54) is 16.9 Å². The van der Waals surface area contributed by atoms with E-state index >= 15 is 0 Å². The summed E-state index contributed by atoms with van der Waals surface area (Å²) in [6, 6.07) is 7.72. The van der Waals surface area contributed by atoms with Crippen molar-refractivity contribution >= 4 is 39.1 Å². The van der Waals surface area contributed by atoms with Crippen molar-refractivity contribution in [3.8, 4) is 0 Å². The van der Waals surface area contributed by atoms with Crippen LogP contribution < -0.4 is 10.9 Å². The Morgan fingerprint density at radius 3 is 2.88 bits per heavy atom. The smallest absolute Gasteiger partial charge is 0.263 e. The summed E-state index contributed by atoms with van der Waals surface area (Å²) in [5.41, 5.74) is 2.31. The summed E-state index contributed by atoms with van der Waals surface area (Å²) in [6.45, 7) is 3.12. The third kappa shape index (κ3) is 2.96. The molecular weight excluding hydrogens is 354 g/mol. The third-order valence-electron chi connectivity index (χ3n) is 4.79. The normalized spacial score (nSPS) is 13.8. The van der Waals surface area contributed by atoms with E-state index in [-0.39, 0.29) is 5.56 Å². The van der Waals surface area contributed by atoms with Gasteiger partial charge in [-0.1, -0.05) is 29.8 Å².